The third-order valence-electron chi connectivity index (χ3n) is 5.07. The summed E-state index contributed by atoms with van der Waals surface area (Å²) in [6, 6.07) is 24.6. The van der Waals surface area contributed by atoms with Crippen LogP contribution in [0, 0.1) is 0 Å². The zero-order valence-electron chi connectivity index (χ0n) is 17.7. The highest BCUT2D eigenvalue weighted by atomic mass is 35.5. The van der Waals surface area contributed by atoms with E-state index in [1.165, 1.54) is 24.5 Å². The molecular weight excluding hydrogens is 456 g/mol. The molecule has 0 aliphatic carbocycles. The van der Waals surface area contributed by atoms with Crippen LogP contribution < -0.4 is 19.6 Å². The van der Waals surface area contributed by atoms with Gasteiger partial charge in [0.15, 0.2) is 6.61 Å². The minimum atomic E-state index is -0.604. The van der Waals surface area contributed by atoms with Crippen LogP contribution in [0.15, 0.2) is 100 Å². The van der Waals surface area contributed by atoms with E-state index in [4.69, 9.17) is 30.2 Å². The van der Waals surface area contributed by atoms with Crippen molar-refractivity contribution in [2.75, 3.05) is 6.61 Å². The van der Waals surface area contributed by atoms with E-state index in [9.17, 15) is 9.59 Å². The number of fused-ring (bicyclic) bond motifs is 2. The number of ether oxygens (including phenoxy) is 3. The first kappa shape index (κ1) is 21.6. The summed E-state index contributed by atoms with van der Waals surface area (Å²) in [5.41, 5.74) is -0.0712. The molecule has 34 heavy (non-hydrogen) atoms. The van der Waals surface area contributed by atoms with Gasteiger partial charge >= 0.3 is 5.97 Å². The third kappa shape index (κ3) is 4.72. The average Bonchev–Trinajstić information content (AvgIpc) is 2.85. The minimum Gasteiger partial charge on any atom is -0.482 e. The van der Waals surface area contributed by atoms with Crippen molar-refractivity contribution in [3.8, 4) is 23.0 Å². The second-order valence-electron chi connectivity index (χ2n) is 7.41. The summed E-state index contributed by atoms with van der Waals surface area (Å²) in [6.45, 7) is -0.290. The minimum absolute atomic E-state index is 0.0592. The van der Waals surface area contributed by atoms with Crippen molar-refractivity contribution in [2.45, 2.75) is 0 Å². The van der Waals surface area contributed by atoms with Crippen LogP contribution in [-0.4, -0.2) is 12.6 Å². The van der Waals surface area contributed by atoms with Gasteiger partial charge in [-0.25, -0.2) is 4.79 Å². The molecule has 0 radical (unpaired) electrons. The quantitative estimate of drug-likeness (QED) is 0.211. The van der Waals surface area contributed by atoms with E-state index < -0.39 is 5.97 Å². The summed E-state index contributed by atoms with van der Waals surface area (Å²) in [7, 11) is 0. The molecule has 5 rings (SSSR count). The predicted molar refractivity (Wildman–Crippen MR) is 129 cm³/mol. The fourth-order valence-electron chi connectivity index (χ4n) is 3.42. The van der Waals surface area contributed by atoms with Gasteiger partial charge in [0, 0.05) is 11.1 Å². The number of hydrogen-bond acceptors (Lipinski definition) is 6. The standard InChI is InChI=1S/C27H17ClO6/c28-19-6-9-20(10-7-19)31-16-26(29)34-22-11-12-23-24(14-22)32-15-25(27(23)30)33-21-8-5-17-3-1-2-4-18(17)13-21/h1-15H,16H2. The maximum atomic E-state index is 12.9. The lowest BCUT2D eigenvalue weighted by atomic mass is 10.1. The van der Waals surface area contributed by atoms with Gasteiger partial charge in [-0.1, -0.05) is 41.9 Å². The van der Waals surface area contributed by atoms with E-state index in [-0.39, 0.29) is 29.1 Å². The van der Waals surface area contributed by atoms with Gasteiger partial charge in [0.25, 0.3) is 0 Å². The SMILES string of the molecule is O=C(COc1ccc(Cl)cc1)Oc1ccc2c(=O)c(Oc3ccc4ccccc4c3)coc2c1. The molecule has 0 atom stereocenters. The normalized spacial score (nSPS) is 10.9. The lowest BCUT2D eigenvalue weighted by Crippen LogP contribution is -2.17. The maximum Gasteiger partial charge on any atom is 0.349 e. The fraction of sp³-hybridized carbons (Fsp3) is 0.0370. The van der Waals surface area contributed by atoms with Crippen LogP contribution in [0.3, 0.4) is 0 Å². The number of halogens is 1. The summed E-state index contributed by atoms with van der Waals surface area (Å²) in [5, 5.41) is 2.94. The molecule has 6 nitrogen and oxygen atoms in total. The van der Waals surface area contributed by atoms with Crippen LogP contribution in [-0.2, 0) is 4.79 Å². The Morgan fingerprint density at radius 3 is 2.38 bits per heavy atom. The van der Waals surface area contributed by atoms with E-state index >= 15 is 0 Å². The summed E-state index contributed by atoms with van der Waals surface area (Å²) in [6.07, 6.45) is 1.25. The highest BCUT2D eigenvalue weighted by Gasteiger charge is 2.13. The van der Waals surface area contributed by atoms with E-state index in [0.717, 1.165) is 10.8 Å². The van der Waals surface area contributed by atoms with Gasteiger partial charge < -0.3 is 18.6 Å². The van der Waals surface area contributed by atoms with Crippen molar-refractivity contribution >= 4 is 39.3 Å². The first-order chi connectivity index (χ1) is 16.5. The molecule has 1 aromatic heterocycles. The van der Waals surface area contributed by atoms with Crippen molar-refractivity contribution in [2.24, 2.45) is 0 Å². The third-order valence-corrected chi connectivity index (χ3v) is 5.32. The largest absolute Gasteiger partial charge is 0.482 e. The summed E-state index contributed by atoms with van der Waals surface area (Å²) >= 11 is 5.83. The number of hydrogen-bond donors (Lipinski definition) is 0. The molecular formula is C27H17ClO6. The molecule has 0 saturated heterocycles. The Bertz CT molecular complexity index is 1560. The molecule has 0 spiro atoms. The van der Waals surface area contributed by atoms with E-state index in [1.807, 2.05) is 36.4 Å². The van der Waals surface area contributed by atoms with E-state index in [1.54, 1.807) is 30.3 Å². The molecule has 1 heterocycles. The Balaban J connectivity index is 1.30. The summed E-state index contributed by atoms with van der Waals surface area (Å²) in [5.74, 6) is 0.696. The Kier molecular flexibility index (Phi) is 5.89. The van der Waals surface area contributed by atoms with Gasteiger partial charge in [-0.2, -0.15) is 0 Å². The van der Waals surface area contributed by atoms with Gasteiger partial charge in [0.2, 0.25) is 11.2 Å². The number of carbonyl (C=O) groups excluding carboxylic acids is 1. The maximum absolute atomic E-state index is 12.9. The molecule has 0 N–H and O–H groups in total. The molecule has 0 fully saturated rings. The van der Waals surface area contributed by atoms with Crippen LogP contribution in [0.1, 0.15) is 0 Å². The van der Waals surface area contributed by atoms with Crippen LogP contribution >= 0.6 is 11.6 Å². The Labute approximate surface area is 198 Å². The van der Waals surface area contributed by atoms with Gasteiger partial charge in [0.1, 0.15) is 29.1 Å². The van der Waals surface area contributed by atoms with Crippen molar-refractivity contribution in [1.29, 1.82) is 0 Å². The zero-order chi connectivity index (χ0) is 23.5. The monoisotopic (exact) mass is 472 g/mol. The van der Waals surface area contributed by atoms with E-state index in [2.05, 4.69) is 0 Å². The number of benzene rings is 4. The van der Waals surface area contributed by atoms with Crippen LogP contribution in [0.25, 0.3) is 21.7 Å². The Morgan fingerprint density at radius 1 is 0.824 bits per heavy atom. The van der Waals surface area contributed by atoms with Crippen molar-refractivity contribution in [3.63, 3.8) is 0 Å². The van der Waals surface area contributed by atoms with Crippen molar-refractivity contribution in [3.05, 3.63) is 106 Å². The van der Waals surface area contributed by atoms with Crippen LogP contribution in [0.2, 0.25) is 5.02 Å². The van der Waals surface area contributed by atoms with Gasteiger partial charge in [-0.05, 0) is 59.3 Å². The fourth-order valence-corrected chi connectivity index (χ4v) is 3.54. The van der Waals surface area contributed by atoms with Crippen molar-refractivity contribution < 1.29 is 23.4 Å². The van der Waals surface area contributed by atoms with Crippen LogP contribution in [0.5, 0.6) is 23.0 Å². The molecule has 7 heteroatoms. The van der Waals surface area contributed by atoms with Gasteiger partial charge in [-0.15, -0.1) is 0 Å². The highest BCUT2D eigenvalue weighted by molar-refractivity contribution is 6.30. The molecule has 0 saturated carbocycles. The summed E-state index contributed by atoms with van der Waals surface area (Å²) < 4.78 is 22.0. The first-order valence-electron chi connectivity index (χ1n) is 10.4. The Hall–Kier alpha value is -4.29. The second-order valence-corrected chi connectivity index (χ2v) is 7.85. The predicted octanol–water partition coefficient (Wildman–Crippen LogP) is 6.38. The topological polar surface area (TPSA) is 75.0 Å². The molecule has 168 valence electrons. The second kappa shape index (κ2) is 9.29. The van der Waals surface area contributed by atoms with Crippen molar-refractivity contribution in [1.82, 2.24) is 0 Å². The lowest BCUT2D eigenvalue weighted by molar-refractivity contribution is -0.136. The molecule has 0 aliphatic heterocycles. The Morgan fingerprint density at radius 2 is 1.56 bits per heavy atom. The molecule has 0 amide bonds. The summed E-state index contributed by atoms with van der Waals surface area (Å²) in [4.78, 5) is 25.0. The smallest absolute Gasteiger partial charge is 0.349 e. The highest BCUT2D eigenvalue weighted by Crippen LogP contribution is 2.26. The molecule has 0 bridgehead atoms. The molecule has 0 aliphatic rings. The number of rotatable bonds is 6. The van der Waals surface area contributed by atoms with E-state index in [0.29, 0.717) is 21.9 Å². The number of carbonyl (C=O) groups is 1. The molecule has 0 unspecified atom stereocenters. The zero-order valence-corrected chi connectivity index (χ0v) is 18.5. The van der Waals surface area contributed by atoms with Crippen LogP contribution in [0.4, 0.5) is 0 Å². The van der Waals surface area contributed by atoms with Gasteiger partial charge in [-0.3, -0.25) is 4.79 Å². The van der Waals surface area contributed by atoms with Gasteiger partial charge in [0.05, 0.1) is 5.39 Å². The molecule has 4 aromatic carbocycles. The molecule has 5 aromatic rings. The lowest BCUT2D eigenvalue weighted by Gasteiger charge is -2.09. The number of esters is 1. The first-order valence-corrected chi connectivity index (χ1v) is 10.7. The average molecular weight is 473 g/mol.